The molecule has 0 saturated carbocycles. The van der Waals surface area contributed by atoms with Crippen LogP contribution in [-0.4, -0.2) is 11.0 Å². The monoisotopic (exact) mass is 221 g/mol. The van der Waals surface area contributed by atoms with E-state index >= 15 is 0 Å². The first-order chi connectivity index (χ1) is 5.06. The van der Waals surface area contributed by atoms with Crippen molar-refractivity contribution in [1.82, 2.24) is 10.6 Å². The lowest BCUT2D eigenvalue weighted by molar-refractivity contribution is 0.243. The van der Waals surface area contributed by atoms with Crippen LogP contribution < -0.4 is 16.4 Å². The van der Waals surface area contributed by atoms with Crippen molar-refractivity contribution in [3.05, 3.63) is 11.9 Å². The third-order valence-corrected chi connectivity index (χ3v) is 1.12. The molecule has 0 aromatic heterocycles. The van der Waals surface area contributed by atoms with E-state index in [1.54, 1.807) is 13.8 Å². The van der Waals surface area contributed by atoms with Gasteiger partial charge >= 0.3 is 6.03 Å². The Morgan fingerprint density at radius 2 is 2.27 bits per heavy atom. The molecule has 0 aromatic carbocycles. The van der Waals surface area contributed by atoms with E-state index in [1.807, 2.05) is 0 Å². The molecule has 0 aliphatic rings. The minimum absolute atomic E-state index is 0.0481. The molecule has 4 nitrogen and oxygen atoms in total. The van der Waals surface area contributed by atoms with Crippen molar-refractivity contribution in [2.24, 2.45) is 5.73 Å². The quantitative estimate of drug-likeness (QED) is 0.478. The Morgan fingerprint density at radius 1 is 1.73 bits per heavy atom. The van der Waals surface area contributed by atoms with Gasteiger partial charge in [0.2, 0.25) is 0 Å². The van der Waals surface area contributed by atoms with Gasteiger partial charge in [0, 0.05) is 11.9 Å². The van der Waals surface area contributed by atoms with Crippen molar-refractivity contribution in [3.8, 4) is 0 Å². The van der Waals surface area contributed by atoms with Crippen molar-refractivity contribution in [3.63, 3.8) is 0 Å². The van der Waals surface area contributed by atoms with Crippen LogP contribution in [0.5, 0.6) is 0 Å². The van der Waals surface area contributed by atoms with Crippen molar-refractivity contribution >= 4 is 22.0 Å². The van der Waals surface area contributed by atoms with E-state index in [2.05, 4.69) is 26.6 Å². The lowest BCUT2D eigenvalue weighted by Gasteiger charge is -2.08. The Bertz CT molecular complexity index is 167. The Kier molecular flexibility index (Phi) is 4.69. The van der Waals surface area contributed by atoms with Crippen molar-refractivity contribution in [2.45, 2.75) is 18.8 Å². The van der Waals surface area contributed by atoms with E-state index < -0.39 is 0 Å². The van der Waals surface area contributed by atoms with Crippen LogP contribution in [-0.2, 0) is 0 Å². The second-order valence-electron chi connectivity index (χ2n) is 2.06. The first-order valence-corrected chi connectivity index (χ1v) is 4.08. The lowest BCUT2D eigenvalue weighted by Crippen LogP contribution is -2.37. The van der Waals surface area contributed by atoms with Crippen LogP contribution in [0.15, 0.2) is 11.9 Å². The summed E-state index contributed by atoms with van der Waals surface area (Å²) >= 11 is 3.16. The molecule has 0 aliphatic heterocycles. The Balaban J connectivity index is 3.70. The standard InChI is InChI=1S/C6H12BrN3O/c1-4(3-8)9-6(11)10-5(2)7/h3,5H,8H2,1-2H3,(H2,9,10,11)/b4-3+. The van der Waals surface area contributed by atoms with Gasteiger partial charge in [0.15, 0.2) is 0 Å². The molecule has 4 N–H and O–H groups in total. The van der Waals surface area contributed by atoms with E-state index in [-0.39, 0.29) is 11.0 Å². The van der Waals surface area contributed by atoms with E-state index in [9.17, 15) is 4.79 Å². The number of halogens is 1. The van der Waals surface area contributed by atoms with Crippen LogP contribution in [0.1, 0.15) is 13.8 Å². The fourth-order valence-corrected chi connectivity index (χ4v) is 0.645. The average Bonchev–Trinajstić information content (AvgIpc) is 1.85. The molecule has 11 heavy (non-hydrogen) atoms. The highest BCUT2D eigenvalue weighted by molar-refractivity contribution is 9.09. The van der Waals surface area contributed by atoms with Crippen LogP contribution >= 0.6 is 15.9 Å². The maximum absolute atomic E-state index is 10.9. The molecule has 1 atom stereocenters. The summed E-state index contributed by atoms with van der Waals surface area (Å²) in [5, 5.41) is 5.10. The summed E-state index contributed by atoms with van der Waals surface area (Å²) in [7, 11) is 0. The highest BCUT2D eigenvalue weighted by Crippen LogP contribution is 1.91. The maximum Gasteiger partial charge on any atom is 0.319 e. The molecule has 64 valence electrons. The summed E-state index contributed by atoms with van der Waals surface area (Å²) in [4.78, 5) is 10.8. The van der Waals surface area contributed by atoms with Gasteiger partial charge < -0.3 is 16.4 Å². The van der Waals surface area contributed by atoms with Gasteiger partial charge in [0.1, 0.15) is 0 Å². The number of rotatable bonds is 2. The number of hydrogen-bond donors (Lipinski definition) is 3. The highest BCUT2D eigenvalue weighted by atomic mass is 79.9. The van der Waals surface area contributed by atoms with Crippen LogP contribution in [0.2, 0.25) is 0 Å². The van der Waals surface area contributed by atoms with E-state index in [0.717, 1.165) is 0 Å². The van der Waals surface area contributed by atoms with Crippen LogP contribution in [0.25, 0.3) is 0 Å². The summed E-state index contributed by atoms with van der Waals surface area (Å²) in [5.41, 5.74) is 5.76. The van der Waals surface area contributed by atoms with Gasteiger partial charge in [0.05, 0.1) is 4.95 Å². The number of hydrogen-bond acceptors (Lipinski definition) is 2. The second-order valence-corrected chi connectivity index (χ2v) is 3.44. The normalized spacial score (nSPS) is 13.9. The Hall–Kier alpha value is -0.710. The number of nitrogens with one attached hydrogen (secondary N) is 2. The molecule has 1 unspecified atom stereocenters. The van der Waals surface area contributed by atoms with Crippen LogP contribution in [0.3, 0.4) is 0 Å². The summed E-state index contributed by atoms with van der Waals surface area (Å²) in [6.07, 6.45) is 1.33. The first-order valence-electron chi connectivity index (χ1n) is 3.16. The van der Waals surface area contributed by atoms with Crippen molar-refractivity contribution in [2.75, 3.05) is 0 Å². The van der Waals surface area contributed by atoms with E-state index in [4.69, 9.17) is 5.73 Å². The van der Waals surface area contributed by atoms with Gasteiger partial charge in [-0.3, -0.25) is 0 Å². The molecule has 0 bridgehead atoms. The Labute approximate surface area is 74.3 Å². The number of urea groups is 1. The zero-order valence-electron chi connectivity index (χ0n) is 6.52. The minimum Gasteiger partial charge on any atom is -0.403 e. The number of alkyl halides is 1. The van der Waals surface area contributed by atoms with Crippen molar-refractivity contribution in [1.29, 1.82) is 0 Å². The molecule has 0 fully saturated rings. The SMILES string of the molecule is C/C(=C\N)NC(=O)NC(C)Br. The van der Waals surface area contributed by atoms with E-state index in [1.165, 1.54) is 6.20 Å². The molecule has 0 aliphatic carbocycles. The zero-order valence-corrected chi connectivity index (χ0v) is 8.10. The summed E-state index contributed by atoms with van der Waals surface area (Å²) in [6, 6.07) is -0.270. The van der Waals surface area contributed by atoms with Gasteiger partial charge in [-0.15, -0.1) is 0 Å². The molecular formula is C6H12BrN3O. The fourth-order valence-electron chi connectivity index (χ4n) is 0.437. The van der Waals surface area contributed by atoms with Crippen molar-refractivity contribution < 1.29 is 4.79 Å². The fraction of sp³-hybridized carbons (Fsp3) is 0.500. The highest BCUT2D eigenvalue weighted by Gasteiger charge is 2.01. The predicted octanol–water partition coefficient (Wildman–Crippen LogP) is 0.847. The largest absolute Gasteiger partial charge is 0.403 e. The third-order valence-electron chi connectivity index (χ3n) is 0.891. The number of carbonyl (C=O) groups excluding carboxylic acids is 1. The number of allylic oxidation sites excluding steroid dienone is 1. The molecule has 2 amide bonds. The second kappa shape index (κ2) is 5.01. The first kappa shape index (κ1) is 10.3. The molecule has 0 heterocycles. The maximum atomic E-state index is 10.9. The number of amides is 2. The molecule has 0 spiro atoms. The molecule has 5 heteroatoms. The van der Waals surface area contributed by atoms with Crippen LogP contribution in [0, 0.1) is 0 Å². The number of carbonyl (C=O) groups is 1. The summed E-state index contributed by atoms with van der Waals surface area (Å²) < 4.78 is 0. The molecule has 0 aromatic rings. The van der Waals surface area contributed by atoms with Gasteiger partial charge in [-0.1, -0.05) is 15.9 Å². The summed E-state index contributed by atoms with van der Waals surface area (Å²) in [6.45, 7) is 3.51. The van der Waals surface area contributed by atoms with Crippen LogP contribution in [0.4, 0.5) is 4.79 Å². The third kappa shape index (κ3) is 5.72. The van der Waals surface area contributed by atoms with Gasteiger partial charge in [-0.25, -0.2) is 4.79 Å². The van der Waals surface area contributed by atoms with E-state index in [0.29, 0.717) is 5.70 Å². The predicted molar refractivity (Wildman–Crippen MR) is 48.0 cm³/mol. The smallest absolute Gasteiger partial charge is 0.319 e. The topological polar surface area (TPSA) is 67.1 Å². The van der Waals surface area contributed by atoms with Gasteiger partial charge in [0.25, 0.3) is 0 Å². The average molecular weight is 222 g/mol. The van der Waals surface area contributed by atoms with Gasteiger partial charge in [-0.2, -0.15) is 0 Å². The van der Waals surface area contributed by atoms with Gasteiger partial charge in [-0.05, 0) is 13.8 Å². The zero-order chi connectivity index (χ0) is 8.85. The number of nitrogens with two attached hydrogens (primary N) is 1. The minimum atomic E-state index is -0.270. The molecule has 0 saturated heterocycles. The molecule has 0 rings (SSSR count). The Morgan fingerprint density at radius 3 is 2.64 bits per heavy atom. The molecule has 0 radical (unpaired) electrons. The summed E-state index contributed by atoms with van der Waals surface area (Å²) in [5.74, 6) is 0. The molecular weight excluding hydrogens is 210 g/mol. The lowest BCUT2D eigenvalue weighted by atomic mass is 10.5.